The molecule has 1 heterocycles. The minimum atomic E-state index is -0.880. The van der Waals surface area contributed by atoms with Gasteiger partial charge in [-0.25, -0.2) is 0 Å². The third-order valence-electron chi connectivity index (χ3n) is 5.26. The van der Waals surface area contributed by atoms with Gasteiger partial charge in [-0.1, -0.05) is 36.4 Å². The number of rotatable bonds is 8. The number of piperazine rings is 1. The van der Waals surface area contributed by atoms with Crippen LogP contribution in [0.25, 0.3) is 6.08 Å². The third kappa shape index (κ3) is 7.28. The fraction of sp³-hybridized carbons (Fsp3) is 0.280. The molecule has 2 aromatic carbocycles. The molecule has 2 aromatic rings. The van der Waals surface area contributed by atoms with Gasteiger partial charge in [-0.15, -0.1) is 0 Å². The maximum atomic E-state index is 12.5. The van der Waals surface area contributed by atoms with Crippen LogP contribution in [0, 0.1) is 0 Å². The molecule has 1 aliphatic rings. The van der Waals surface area contributed by atoms with Gasteiger partial charge < -0.3 is 24.4 Å². The van der Waals surface area contributed by atoms with Crippen LogP contribution >= 0.6 is 12.2 Å². The van der Waals surface area contributed by atoms with Gasteiger partial charge in [-0.3, -0.25) is 19.7 Å². The van der Waals surface area contributed by atoms with E-state index < -0.39 is 17.9 Å². The van der Waals surface area contributed by atoms with Crippen molar-refractivity contribution in [3.05, 3.63) is 65.7 Å². The molecule has 9 nitrogen and oxygen atoms in total. The minimum Gasteiger partial charge on any atom is -0.493 e. The summed E-state index contributed by atoms with van der Waals surface area (Å²) in [6.07, 6.45) is 2.72. The first kappa shape index (κ1) is 25.7. The summed E-state index contributed by atoms with van der Waals surface area (Å²) in [5, 5.41) is 5.37. The fourth-order valence-electron chi connectivity index (χ4n) is 3.46. The zero-order chi connectivity index (χ0) is 25.2. The topological polar surface area (TPSA) is 106 Å². The lowest BCUT2D eigenvalue weighted by Gasteiger charge is -2.36. The van der Waals surface area contributed by atoms with Crippen molar-refractivity contribution < 1.29 is 28.6 Å². The quantitative estimate of drug-likeness (QED) is 0.324. The van der Waals surface area contributed by atoms with Gasteiger partial charge in [0.25, 0.3) is 0 Å². The maximum absolute atomic E-state index is 12.5. The number of nitrogens with one attached hydrogen (secondary N) is 2. The highest BCUT2D eigenvalue weighted by atomic mass is 32.1. The maximum Gasteiger partial charge on any atom is 0.308 e. The third-order valence-corrected chi connectivity index (χ3v) is 5.60. The van der Waals surface area contributed by atoms with E-state index in [9.17, 15) is 14.4 Å². The van der Waals surface area contributed by atoms with Crippen LogP contribution in [-0.2, 0) is 25.7 Å². The van der Waals surface area contributed by atoms with Gasteiger partial charge in [0.15, 0.2) is 16.6 Å². The number of hydrogen-bond acceptors (Lipinski definition) is 7. The fourth-order valence-corrected chi connectivity index (χ4v) is 3.78. The zero-order valence-corrected chi connectivity index (χ0v) is 20.3. The average molecular weight is 498 g/mol. The second-order valence-electron chi connectivity index (χ2n) is 7.59. The molecule has 2 N–H and O–H groups in total. The molecule has 1 atom stereocenters. The summed E-state index contributed by atoms with van der Waals surface area (Å²) in [6.45, 7) is 0.795. The largest absolute Gasteiger partial charge is 0.493 e. The highest BCUT2D eigenvalue weighted by Gasteiger charge is 2.34. The summed E-state index contributed by atoms with van der Waals surface area (Å²) in [5.74, 6) is -0.256. The van der Waals surface area contributed by atoms with Crippen molar-refractivity contribution in [2.45, 2.75) is 19.1 Å². The summed E-state index contributed by atoms with van der Waals surface area (Å²) in [7, 11) is 3.07. The second-order valence-corrected chi connectivity index (χ2v) is 7.98. The monoisotopic (exact) mass is 497 g/mol. The van der Waals surface area contributed by atoms with Crippen LogP contribution < -0.4 is 20.1 Å². The Labute approximate surface area is 209 Å². The molecule has 35 heavy (non-hydrogen) atoms. The number of hydrogen-bond donors (Lipinski definition) is 2. The van der Waals surface area contributed by atoms with Crippen LogP contribution in [0.15, 0.2) is 54.6 Å². The van der Waals surface area contributed by atoms with Crippen molar-refractivity contribution in [3.8, 4) is 11.5 Å². The molecule has 10 heteroatoms. The van der Waals surface area contributed by atoms with E-state index in [-0.39, 0.29) is 24.0 Å². The smallest absolute Gasteiger partial charge is 0.308 e. The SMILES string of the molecule is COc1ccc(C=CC(=O)NC(=S)N2CCNC(=O)C2CC(=O)OCc2ccccc2)cc1OC. The molecule has 1 aliphatic heterocycles. The first-order valence-corrected chi connectivity index (χ1v) is 11.3. The minimum absolute atomic E-state index is 0.0580. The predicted octanol–water partition coefficient (Wildman–Crippen LogP) is 2.05. The Morgan fingerprint density at radius 2 is 1.89 bits per heavy atom. The molecule has 2 amide bonds. The summed E-state index contributed by atoms with van der Waals surface area (Å²) < 4.78 is 15.8. The van der Waals surface area contributed by atoms with E-state index in [1.54, 1.807) is 31.4 Å². The summed E-state index contributed by atoms with van der Waals surface area (Å²) >= 11 is 5.37. The van der Waals surface area contributed by atoms with E-state index in [0.717, 1.165) is 11.1 Å². The first-order chi connectivity index (χ1) is 16.9. The molecular formula is C25H27N3O6S. The lowest BCUT2D eigenvalue weighted by molar-refractivity contribution is -0.148. The first-order valence-electron chi connectivity index (χ1n) is 10.9. The van der Waals surface area contributed by atoms with E-state index >= 15 is 0 Å². The van der Waals surface area contributed by atoms with E-state index in [0.29, 0.717) is 24.6 Å². The Morgan fingerprint density at radius 1 is 1.14 bits per heavy atom. The van der Waals surface area contributed by atoms with Crippen molar-refractivity contribution in [2.24, 2.45) is 0 Å². The number of benzene rings is 2. The zero-order valence-electron chi connectivity index (χ0n) is 19.5. The Bertz CT molecular complexity index is 1110. The summed E-state index contributed by atoms with van der Waals surface area (Å²) in [4.78, 5) is 38.8. The standard InChI is InChI=1S/C25H27N3O6S/c1-32-20-10-8-17(14-21(20)33-2)9-11-22(29)27-25(35)28-13-12-26-24(31)19(28)15-23(30)34-16-18-6-4-3-5-7-18/h3-11,14,19H,12-13,15-16H2,1-2H3,(H,26,31)(H,27,29,35). The summed E-state index contributed by atoms with van der Waals surface area (Å²) in [6, 6.07) is 13.6. The van der Waals surface area contributed by atoms with Gasteiger partial charge in [-0.05, 0) is 41.6 Å². The van der Waals surface area contributed by atoms with E-state index in [2.05, 4.69) is 10.6 Å². The van der Waals surface area contributed by atoms with Crippen LogP contribution in [0.3, 0.4) is 0 Å². The molecule has 1 saturated heterocycles. The van der Waals surface area contributed by atoms with Crippen LogP contribution in [0.5, 0.6) is 11.5 Å². The van der Waals surface area contributed by atoms with Gasteiger partial charge in [0.2, 0.25) is 11.8 Å². The Kier molecular flexibility index (Phi) is 9.19. The van der Waals surface area contributed by atoms with E-state index in [1.807, 2.05) is 30.3 Å². The molecular weight excluding hydrogens is 470 g/mol. The number of thiocarbonyl (C=S) groups is 1. The van der Waals surface area contributed by atoms with Gasteiger partial charge in [0.05, 0.1) is 20.6 Å². The average Bonchev–Trinajstić information content (AvgIpc) is 2.87. The van der Waals surface area contributed by atoms with Gasteiger partial charge in [0.1, 0.15) is 12.6 Å². The van der Waals surface area contributed by atoms with Crippen molar-refractivity contribution in [1.29, 1.82) is 0 Å². The van der Waals surface area contributed by atoms with Crippen LogP contribution in [0.4, 0.5) is 0 Å². The number of carbonyl (C=O) groups excluding carboxylic acids is 3. The van der Waals surface area contributed by atoms with E-state index in [1.165, 1.54) is 18.1 Å². The number of esters is 1. The van der Waals surface area contributed by atoms with Crippen LogP contribution in [0.2, 0.25) is 0 Å². The van der Waals surface area contributed by atoms with Gasteiger partial charge in [-0.2, -0.15) is 0 Å². The molecule has 0 aliphatic carbocycles. The highest BCUT2D eigenvalue weighted by Crippen LogP contribution is 2.27. The van der Waals surface area contributed by atoms with Crippen molar-refractivity contribution in [3.63, 3.8) is 0 Å². The van der Waals surface area contributed by atoms with Crippen molar-refractivity contribution >= 4 is 41.2 Å². The number of ether oxygens (including phenoxy) is 3. The normalized spacial score (nSPS) is 15.3. The van der Waals surface area contributed by atoms with Crippen LogP contribution in [-0.4, -0.2) is 61.1 Å². The van der Waals surface area contributed by atoms with Crippen molar-refractivity contribution in [1.82, 2.24) is 15.5 Å². The molecule has 0 aromatic heterocycles. The number of amides is 2. The lowest BCUT2D eigenvalue weighted by atomic mass is 10.1. The molecule has 0 bridgehead atoms. The predicted molar refractivity (Wildman–Crippen MR) is 134 cm³/mol. The van der Waals surface area contributed by atoms with Crippen molar-refractivity contribution in [2.75, 3.05) is 27.3 Å². The van der Waals surface area contributed by atoms with Gasteiger partial charge in [0, 0.05) is 19.2 Å². The molecule has 0 saturated carbocycles. The Hall–Kier alpha value is -3.92. The number of methoxy groups -OCH3 is 2. The second kappa shape index (κ2) is 12.5. The molecule has 1 fully saturated rings. The molecule has 0 radical (unpaired) electrons. The Balaban J connectivity index is 1.58. The van der Waals surface area contributed by atoms with E-state index in [4.69, 9.17) is 26.4 Å². The number of nitrogens with zero attached hydrogens (tertiary/aromatic N) is 1. The van der Waals surface area contributed by atoms with Gasteiger partial charge >= 0.3 is 5.97 Å². The highest BCUT2D eigenvalue weighted by molar-refractivity contribution is 7.80. The Morgan fingerprint density at radius 3 is 2.60 bits per heavy atom. The lowest BCUT2D eigenvalue weighted by Crippen LogP contribution is -2.60. The van der Waals surface area contributed by atoms with Crippen LogP contribution in [0.1, 0.15) is 17.5 Å². The molecule has 3 rings (SSSR count). The molecule has 0 spiro atoms. The summed E-state index contributed by atoms with van der Waals surface area (Å²) in [5.41, 5.74) is 1.56. The molecule has 184 valence electrons. The molecule has 1 unspecified atom stereocenters. The number of carbonyl (C=O) groups is 3.